The van der Waals surface area contributed by atoms with E-state index in [0.29, 0.717) is 35.9 Å². The summed E-state index contributed by atoms with van der Waals surface area (Å²) in [7, 11) is -1.89. The number of methoxy groups -OCH3 is 1. The molecule has 8 heteroatoms. The molecule has 7 nitrogen and oxygen atoms in total. The van der Waals surface area contributed by atoms with Crippen molar-refractivity contribution in [3.63, 3.8) is 0 Å². The Labute approximate surface area is 175 Å². The van der Waals surface area contributed by atoms with Gasteiger partial charge in [0.1, 0.15) is 5.76 Å². The Morgan fingerprint density at radius 1 is 1.13 bits per heavy atom. The summed E-state index contributed by atoms with van der Waals surface area (Å²) in [5.74, 6) is 0.801. The largest absolute Gasteiger partial charge is 0.493 e. The van der Waals surface area contributed by atoms with E-state index in [1.165, 1.54) is 22.5 Å². The van der Waals surface area contributed by atoms with Crippen LogP contribution < -0.4 is 10.1 Å². The van der Waals surface area contributed by atoms with Gasteiger partial charge in [-0.15, -0.1) is 0 Å². The first-order chi connectivity index (χ1) is 14.5. The molecule has 30 heavy (non-hydrogen) atoms. The lowest BCUT2D eigenvalue weighted by atomic mass is 10.2. The van der Waals surface area contributed by atoms with Gasteiger partial charge in [-0.3, -0.25) is 4.79 Å². The number of hydrogen-bond donors (Lipinski definition) is 1. The fraction of sp³-hybridized carbons (Fsp3) is 0.227. The minimum atomic E-state index is -3.46. The van der Waals surface area contributed by atoms with E-state index in [-0.39, 0.29) is 10.8 Å². The molecule has 156 valence electrons. The maximum absolute atomic E-state index is 12.6. The first kappa shape index (κ1) is 20.2. The molecule has 1 saturated heterocycles. The van der Waals surface area contributed by atoms with Crippen molar-refractivity contribution >= 4 is 38.7 Å². The van der Waals surface area contributed by atoms with E-state index in [0.717, 1.165) is 18.2 Å². The van der Waals surface area contributed by atoms with Gasteiger partial charge in [0, 0.05) is 30.2 Å². The number of hydrogen-bond acceptors (Lipinski definition) is 5. The third kappa shape index (κ3) is 4.10. The van der Waals surface area contributed by atoms with Crippen LogP contribution in [-0.2, 0) is 14.8 Å². The predicted molar refractivity (Wildman–Crippen MR) is 115 cm³/mol. The highest BCUT2D eigenvalue weighted by atomic mass is 32.2. The second-order valence-corrected chi connectivity index (χ2v) is 8.92. The van der Waals surface area contributed by atoms with Crippen LogP contribution in [0.15, 0.2) is 63.9 Å². The number of carbonyl (C=O) groups is 1. The Morgan fingerprint density at radius 3 is 2.57 bits per heavy atom. The first-order valence-electron chi connectivity index (χ1n) is 9.63. The molecule has 0 unspecified atom stereocenters. The zero-order valence-electron chi connectivity index (χ0n) is 16.5. The molecular formula is C22H22N2O5S. The van der Waals surface area contributed by atoms with E-state index in [2.05, 4.69) is 5.32 Å². The molecule has 0 atom stereocenters. The fourth-order valence-electron chi connectivity index (χ4n) is 3.43. The van der Waals surface area contributed by atoms with Crippen molar-refractivity contribution in [1.29, 1.82) is 0 Å². The summed E-state index contributed by atoms with van der Waals surface area (Å²) in [5.41, 5.74) is 1.13. The van der Waals surface area contributed by atoms with E-state index in [9.17, 15) is 13.2 Å². The molecule has 1 aliphatic rings. The normalized spacial score (nSPS) is 15.1. The van der Waals surface area contributed by atoms with Crippen molar-refractivity contribution in [3.05, 3.63) is 60.4 Å². The van der Waals surface area contributed by atoms with Gasteiger partial charge in [0.2, 0.25) is 15.9 Å². The number of carbonyl (C=O) groups excluding carboxylic acids is 1. The molecule has 2 aromatic carbocycles. The van der Waals surface area contributed by atoms with Gasteiger partial charge < -0.3 is 14.5 Å². The van der Waals surface area contributed by atoms with Crippen molar-refractivity contribution in [3.8, 4) is 5.75 Å². The van der Waals surface area contributed by atoms with Crippen LogP contribution in [0.5, 0.6) is 5.75 Å². The van der Waals surface area contributed by atoms with Gasteiger partial charge in [-0.1, -0.05) is 12.1 Å². The predicted octanol–water partition coefficient (Wildman–Crippen LogP) is 3.88. The van der Waals surface area contributed by atoms with Gasteiger partial charge in [0.05, 0.1) is 12.0 Å². The van der Waals surface area contributed by atoms with Crippen LogP contribution in [0.4, 0.5) is 5.69 Å². The van der Waals surface area contributed by atoms with Gasteiger partial charge in [0.25, 0.3) is 0 Å². The van der Waals surface area contributed by atoms with E-state index >= 15 is 0 Å². The summed E-state index contributed by atoms with van der Waals surface area (Å²) in [4.78, 5) is 12.5. The molecule has 1 amide bonds. The fourth-order valence-corrected chi connectivity index (χ4v) is 4.95. The molecule has 0 saturated carbocycles. The van der Waals surface area contributed by atoms with Crippen LogP contribution in [-0.4, -0.2) is 38.8 Å². The van der Waals surface area contributed by atoms with Crippen molar-refractivity contribution in [1.82, 2.24) is 4.31 Å². The number of nitrogens with zero attached hydrogens (tertiary/aromatic N) is 1. The number of rotatable bonds is 6. The maximum atomic E-state index is 12.6. The molecule has 0 aliphatic carbocycles. The number of fused-ring (bicyclic) bond motifs is 1. The Kier molecular flexibility index (Phi) is 5.61. The molecule has 2 heterocycles. The molecule has 0 spiro atoms. The number of ether oxygens (including phenoxy) is 1. The van der Waals surface area contributed by atoms with E-state index in [4.69, 9.17) is 9.15 Å². The van der Waals surface area contributed by atoms with Gasteiger partial charge in [-0.25, -0.2) is 8.42 Å². The van der Waals surface area contributed by atoms with Gasteiger partial charge in [-0.05, 0) is 55.3 Å². The first-order valence-corrected chi connectivity index (χ1v) is 11.1. The monoisotopic (exact) mass is 426 g/mol. The lowest BCUT2D eigenvalue weighted by Crippen LogP contribution is -2.27. The molecule has 3 aromatic rings. The highest BCUT2D eigenvalue weighted by molar-refractivity contribution is 7.89. The van der Waals surface area contributed by atoms with Crippen molar-refractivity contribution in [2.75, 3.05) is 25.5 Å². The Bertz CT molecular complexity index is 1190. The summed E-state index contributed by atoms with van der Waals surface area (Å²) in [6.07, 6.45) is 4.70. The number of benzene rings is 2. The van der Waals surface area contributed by atoms with Crippen LogP contribution in [0.2, 0.25) is 0 Å². The maximum Gasteiger partial charge on any atom is 0.248 e. The summed E-state index contributed by atoms with van der Waals surface area (Å²) in [5, 5.41) is 3.60. The summed E-state index contributed by atoms with van der Waals surface area (Å²) < 4.78 is 37.6. The number of furan rings is 1. The van der Waals surface area contributed by atoms with Crippen LogP contribution >= 0.6 is 0 Å². The molecule has 1 aromatic heterocycles. The Morgan fingerprint density at radius 2 is 1.87 bits per heavy atom. The number of amides is 1. The summed E-state index contributed by atoms with van der Waals surface area (Å²) in [6, 6.07) is 13.6. The van der Waals surface area contributed by atoms with Crippen molar-refractivity contribution in [2.24, 2.45) is 0 Å². The van der Waals surface area contributed by atoms with Crippen LogP contribution in [0.3, 0.4) is 0 Å². The minimum Gasteiger partial charge on any atom is -0.493 e. The smallest absolute Gasteiger partial charge is 0.248 e. The third-order valence-corrected chi connectivity index (χ3v) is 6.88. The highest BCUT2D eigenvalue weighted by Crippen LogP contribution is 2.29. The minimum absolute atomic E-state index is 0.231. The molecule has 1 aliphatic heterocycles. The van der Waals surface area contributed by atoms with Gasteiger partial charge in [0.15, 0.2) is 11.3 Å². The average Bonchev–Trinajstić information content (AvgIpc) is 3.42. The zero-order chi connectivity index (χ0) is 21.1. The number of anilines is 1. The molecule has 0 radical (unpaired) electrons. The lowest BCUT2D eigenvalue weighted by Gasteiger charge is -2.15. The molecule has 4 rings (SSSR count). The topological polar surface area (TPSA) is 88.8 Å². The van der Waals surface area contributed by atoms with E-state index in [1.54, 1.807) is 31.4 Å². The van der Waals surface area contributed by atoms with Crippen LogP contribution in [0.25, 0.3) is 17.0 Å². The quantitative estimate of drug-likeness (QED) is 0.605. The molecule has 0 bridgehead atoms. The molecule has 1 N–H and O–H groups in total. The highest BCUT2D eigenvalue weighted by Gasteiger charge is 2.26. The number of nitrogens with one attached hydrogen (secondary N) is 1. The van der Waals surface area contributed by atoms with Crippen molar-refractivity contribution < 1.29 is 22.4 Å². The standard InChI is InChI=1S/C22H22N2O5S/c1-28-20-6-4-5-16-15-18(29-22(16)20)9-12-21(25)23-17-7-10-19(11-8-17)30(26,27)24-13-2-3-14-24/h4-12,15H,2-3,13-14H2,1H3,(H,23,25)/b12-9+. The van der Waals surface area contributed by atoms with Crippen LogP contribution in [0, 0.1) is 0 Å². The number of para-hydroxylation sites is 1. The van der Waals surface area contributed by atoms with Crippen LogP contribution in [0.1, 0.15) is 18.6 Å². The third-order valence-electron chi connectivity index (χ3n) is 4.97. The Hall–Kier alpha value is -3.10. The SMILES string of the molecule is COc1cccc2cc(/C=C/C(=O)Nc3ccc(S(=O)(=O)N4CCCC4)cc3)oc12. The Balaban J connectivity index is 1.43. The average molecular weight is 426 g/mol. The second kappa shape index (κ2) is 8.33. The second-order valence-electron chi connectivity index (χ2n) is 6.99. The van der Waals surface area contributed by atoms with Gasteiger partial charge >= 0.3 is 0 Å². The summed E-state index contributed by atoms with van der Waals surface area (Å²) >= 11 is 0. The van der Waals surface area contributed by atoms with E-state index in [1.807, 2.05) is 18.2 Å². The summed E-state index contributed by atoms with van der Waals surface area (Å²) in [6.45, 7) is 1.11. The van der Waals surface area contributed by atoms with E-state index < -0.39 is 10.0 Å². The lowest BCUT2D eigenvalue weighted by molar-refractivity contribution is -0.111. The van der Waals surface area contributed by atoms with Crippen molar-refractivity contribution in [2.45, 2.75) is 17.7 Å². The molecular weight excluding hydrogens is 404 g/mol. The van der Waals surface area contributed by atoms with Gasteiger partial charge in [-0.2, -0.15) is 4.31 Å². The zero-order valence-corrected chi connectivity index (χ0v) is 17.3. The number of sulfonamides is 1. The molecule has 1 fully saturated rings.